The molecule has 29 heavy (non-hydrogen) atoms. The molecule has 0 saturated heterocycles. The van der Waals surface area contributed by atoms with Crippen molar-refractivity contribution in [1.29, 1.82) is 0 Å². The van der Waals surface area contributed by atoms with Gasteiger partial charge in [0, 0.05) is 6.20 Å². The zero-order valence-electron chi connectivity index (χ0n) is 17.1. The second-order valence-corrected chi connectivity index (χ2v) is 7.29. The standard InChI is InChI=1S/C20H29N3O3.CH2O2/c1-3-16(12-24)22-20(25)18-14(2)21-19-17(10-7-11-23(18)19)26-13-15-8-5-4-6-9-15;2-1-3/h7,10-11,15-16,24H,3-6,8-9,12-13H2,1-2H3,(H,22,25);1H,(H,2,3). The van der Waals surface area contributed by atoms with Crippen LogP contribution in [-0.2, 0) is 4.79 Å². The first-order chi connectivity index (χ1) is 14.0. The van der Waals surface area contributed by atoms with Crippen LogP contribution in [0.4, 0.5) is 0 Å². The first kappa shape index (κ1) is 22.7. The molecule has 0 radical (unpaired) electrons. The number of ether oxygens (including phenoxy) is 1. The predicted octanol–water partition coefficient (Wildman–Crippen LogP) is 2.80. The summed E-state index contributed by atoms with van der Waals surface area (Å²) in [7, 11) is 0. The van der Waals surface area contributed by atoms with Crippen molar-refractivity contribution in [1.82, 2.24) is 14.7 Å². The minimum absolute atomic E-state index is 0.0756. The first-order valence-electron chi connectivity index (χ1n) is 10.2. The van der Waals surface area contributed by atoms with E-state index in [9.17, 15) is 9.90 Å². The second-order valence-electron chi connectivity index (χ2n) is 7.29. The fourth-order valence-electron chi connectivity index (χ4n) is 3.63. The third-order valence-corrected chi connectivity index (χ3v) is 5.25. The Hall–Kier alpha value is -2.61. The van der Waals surface area contributed by atoms with E-state index in [0.29, 0.717) is 36.0 Å². The van der Waals surface area contributed by atoms with Gasteiger partial charge in [-0.15, -0.1) is 0 Å². The summed E-state index contributed by atoms with van der Waals surface area (Å²) >= 11 is 0. The third kappa shape index (κ3) is 5.93. The third-order valence-electron chi connectivity index (χ3n) is 5.25. The molecular weight excluding hydrogens is 374 g/mol. The number of imidazole rings is 1. The number of nitrogens with zero attached hydrogens (tertiary/aromatic N) is 2. The Balaban J connectivity index is 0.000000941. The monoisotopic (exact) mass is 405 g/mol. The summed E-state index contributed by atoms with van der Waals surface area (Å²) in [5.74, 6) is 1.10. The molecule has 0 spiro atoms. The van der Waals surface area contributed by atoms with Gasteiger partial charge in [-0.1, -0.05) is 26.2 Å². The summed E-state index contributed by atoms with van der Waals surface area (Å²) in [5.41, 5.74) is 1.82. The average molecular weight is 405 g/mol. The molecule has 0 aromatic carbocycles. The van der Waals surface area contributed by atoms with Gasteiger partial charge in [0.1, 0.15) is 5.69 Å². The van der Waals surface area contributed by atoms with E-state index in [4.69, 9.17) is 14.6 Å². The molecule has 1 aliphatic rings. The van der Waals surface area contributed by atoms with E-state index in [0.717, 1.165) is 5.75 Å². The summed E-state index contributed by atoms with van der Waals surface area (Å²) < 4.78 is 7.86. The van der Waals surface area contributed by atoms with Gasteiger partial charge in [-0.05, 0) is 44.2 Å². The van der Waals surface area contributed by atoms with E-state index in [-0.39, 0.29) is 25.0 Å². The largest absolute Gasteiger partial charge is 0.489 e. The van der Waals surface area contributed by atoms with E-state index in [1.807, 2.05) is 32.2 Å². The van der Waals surface area contributed by atoms with Crippen LogP contribution in [0.1, 0.15) is 61.6 Å². The molecule has 1 saturated carbocycles. The highest BCUT2D eigenvalue weighted by Crippen LogP contribution is 2.27. The SMILES string of the molecule is CCC(CO)NC(=O)c1c(C)nc2c(OCC3CCCCC3)cccn12.O=CO. The molecule has 2 heterocycles. The Labute approximate surface area is 170 Å². The molecule has 3 rings (SSSR count). The van der Waals surface area contributed by atoms with E-state index < -0.39 is 0 Å². The van der Waals surface area contributed by atoms with Crippen molar-refractivity contribution >= 4 is 18.0 Å². The molecule has 1 fully saturated rings. The Kier molecular flexibility index (Phi) is 8.92. The molecule has 160 valence electrons. The second kappa shape index (κ2) is 11.4. The van der Waals surface area contributed by atoms with Crippen LogP contribution < -0.4 is 10.1 Å². The number of hydrogen-bond acceptors (Lipinski definition) is 5. The highest BCUT2D eigenvalue weighted by molar-refractivity contribution is 5.95. The molecule has 1 atom stereocenters. The molecule has 8 heteroatoms. The van der Waals surface area contributed by atoms with Gasteiger partial charge in [0.2, 0.25) is 0 Å². The van der Waals surface area contributed by atoms with Crippen LogP contribution in [0.15, 0.2) is 18.3 Å². The molecule has 1 aliphatic carbocycles. The van der Waals surface area contributed by atoms with Crippen LogP contribution in [-0.4, -0.2) is 51.2 Å². The van der Waals surface area contributed by atoms with Crippen molar-refractivity contribution in [2.45, 2.75) is 58.4 Å². The van der Waals surface area contributed by atoms with Gasteiger partial charge >= 0.3 is 0 Å². The van der Waals surface area contributed by atoms with Crippen LogP contribution in [0.25, 0.3) is 5.65 Å². The van der Waals surface area contributed by atoms with Crippen LogP contribution in [0.3, 0.4) is 0 Å². The van der Waals surface area contributed by atoms with Crippen molar-refractivity contribution in [3.63, 3.8) is 0 Å². The Morgan fingerprint density at radius 3 is 2.72 bits per heavy atom. The molecule has 2 aromatic heterocycles. The number of aryl methyl sites for hydroxylation is 1. The van der Waals surface area contributed by atoms with Gasteiger partial charge in [-0.25, -0.2) is 4.98 Å². The topological polar surface area (TPSA) is 113 Å². The number of pyridine rings is 1. The lowest BCUT2D eigenvalue weighted by atomic mass is 9.90. The maximum Gasteiger partial charge on any atom is 0.290 e. The highest BCUT2D eigenvalue weighted by atomic mass is 16.5. The number of hydrogen-bond donors (Lipinski definition) is 3. The van der Waals surface area contributed by atoms with E-state index >= 15 is 0 Å². The van der Waals surface area contributed by atoms with Gasteiger partial charge in [-0.2, -0.15) is 0 Å². The van der Waals surface area contributed by atoms with Crippen molar-refractivity contribution < 1.29 is 24.5 Å². The summed E-state index contributed by atoms with van der Waals surface area (Å²) in [6, 6.07) is 3.54. The predicted molar refractivity (Wildman–Crippen MR) is 109 cm³/mol. The van der Waals surface area contributed by atoms with Crippen molar-refractivity contribution in [3.05, 3.63) is 29.7 Å². The number of carbonyl (C=O) groups excluding carboxylic acids is 1. The number of aliphatic hydroxyl groups excluding tert-OH is 1. The number of rotatable bonds is 7. The summed E-state index contributed by atoms with van der Waals surface area (Å²) in [6.07, 6.45) is 8.86. The van der Waals surface area contributed by atoms with Gasteiger partial charge in [-0.3, -0.25) is 14.0 Å². The van der Waals surface area contributed by atoms with E-state index in [2.05, 4.69) is 10.3 Å². The zero-order valence-corrected chi connectivity index (χ0v) is 17.1. The molecule has 3 N–H and O–H groups in total. The Morgan fingerprint density at radius 1 is 1.41 bits per heavy atom. The van der Waals surface area contributed by atoms with Gasteiger partial charge in [0.25, 0.3) is 12.4 Å². The normalized spacial score (nSPS) is 15.3. The van der Waals surface area contributed by atoms with Crippen LogP contribution in [0.5, 0.6) is 5.75 Å². The van der Waals surface area contributed by atoms with Crippen LogP contribution in [0, 0.1) is 12.8 Å². The number of aliphatic hydroxyl groups is 1. The lowest BCUT2D eigenvalue weighted by Crippen LogP contribution is -2.37. The smallest absolute Gasteiger partial charge is 0.290 e. The molecular formula is C21H31N3O5. The number of carbonyl (C=O) groups is 2. The summed E-state index contributed by atoms with van der Waals surface area (Å²) in [6.45, 7) is 4.13. The number of aromatic nitrogens is 2. The summed E-state index contributed by atoms with van der Waals surface area (Å²) in [4.78, 5) is 25.6. The fraction of sp³-hybridized carbons (Fsp3) is 0.571. The molecule has 0 bridgehead atoms. The van der Waals surface area contributed by atoms with Crippen molar-refractivity contribution in [3.8, 4) is 5.75 Å². The molecule has 8 nitrogen and oxygen atoms in total. The average Bonchev–Trinajstić information content (AvgIpc) is 3.08. The molecule has 1 amide bonds. The number of amides is 1. The van der Waals surface area contributed by atoms with Crippen molar-refractivity contribution in [2.24, 2.45) is 5.92 Å². The van der Waals surface area contributed by atoms with Gasteiger partial charge in [0.15, 0.2) is 11.4 Å². The molecule has 0 aliphatic heterocycles. The maximum absolute atomic E-state index is 12.7. The lowest BCUT2D eigenvalue weighted by Gasteiger charge is -2.21. The van der Waals surface area contributed by atoms with Crippen LogP contribution >= 0.6 is 0 Å². The molecule has 2 aromatic rings. The Morgan fingerprint density at radius 2 is 2.10 bits per heavy atom. The number of fused-ring (bicyclic) bond motifs is 1. The lowest BCUT2D eigenvalue weighted by molar-refractivity contribution is -0.122. The van der Waals surface area contributed by atoms with E-state index in [1.165, 1.54) is 32.1 Å². The number of carboxylic acid groups (broad SMARTS) is 1. The highest BCUT2D eigenvalue weighted by Gasteiger charge is 2.21. The first-order valence-corrected chi connectivity index (χ1v) is 10.2. The summed E-state index contributed by atoms with van der Waals surface area (Å²) in [5, 5.41) is 19.1. The molecule has 1 unspecified atom stereocenters. The van der Waals surface area contributed by atoms with Gasteiger partial charge < -0.3 is 20.3 Å². The zero-order chi connectivity index (χ0) is 21.2. The fourth-order valence-corrected chi connectivity index (χ4v) is 3.63. The van der Waals surface area contributed by atoms with Crippen molar-refractivity contribution in [2.75, 3.05) is 13.2 Å². The minimum atomic E-state index is -0.252. The Bertz CT molecular complexity index is 795. The van der Waals surface area contributed by atoms with Gasteiger partial charge in [0.05, 0.1) is 24.9 Å². The maximum atomic E-state index is 12.7. The van der Waals surface area contributed by atoms with E-state index in [1.54, 1.807) is 4.40 Å². The number of nitrogens with one attached hydrogen (secondary N) is 1. The van der Waals surface area contributed by atoms with Crippen LogP contribution in [0.2, 0.25) is 0 Å². The minimum Gasteiger partial charge on any atom is -0.489 e. The quantitative estimate of drug-likeness (QED) is 0.611.